The summed E-state index contributed by atoms with van der Waals surface area (Å²) in [7, 11) is 0. The molecule has 3 rings (SSSR count). The normalized spacial score (nSPS) is 10.0. The van der Waals surface area contributed by atoms with Crippen molar-refractivity contribution in [1.82, 2.24) is 0 Å². The number of carbonyl (C=O) groups excluding carboxylic acids is 2. The molecule has 0 aliphatic rings. The summed E-state index contributed by atoms with van der Waals surface area (Å²) >= 11 is 0. The lowest BCUT2D eigenvalue weighted by atomic mass is 9.96. The van der Waals surface area contributed by atoms with Crippen LogP contribution in [0.2, 0.25) is 0 Å². The Morgan fingerprint density at radius 1 is 0.964 bits per heavy atom. The maximum atomic E-state index is 13.2. The van der Waals surface area contributed by atoms with E-state index in [2.05, 4.69) is 11.4 Å². The molecular weight excluding hydrogens is 359 g/mol. The smallest absolute Gasteiger partial charge is 0.339 e. The van der Waals surface area contributed by atoms with Crippen LogP contribution in [0.5, 0.6) is 0 Å². The minimum absolute atomic E-state index is 0.240. The van der Waals surface area contributed by atoms with Crippen LogP contribution in [0.15, 0.2) is 72.8 Å². The number of rotatable bonds is 5. The Bertz CT molecular complexity index is 1070. The molecule has 0 fully saturated rings. The van der Waals surface area contributed by atoms with Crippen LogP contribution in [0, 0.1) is 17.1 Å². The van der Waals surface area contributed by atoms with E-state index < -0.39 is 24.3 Å². The Labute approximate surface area is 161 Å². The molecule has 0 spiro atoms. The molecule has 0 unspecified atom stereocenters. The van der Waals surface area contributed by atoms with E-state index in [1.165, 1.54) is 18.2 Å². The lowest BCUT2D eigenvalue weighted by Gasteiger charge is -2.11. The van der Waals surface area contributed by atoms with Crippen LogP contribution in [0.3, 0.4) is 0 Å². The van der Waals surface area contributed by atoms with Crippen molar-refractivity contribution in [2.45, 2.75) is 0 Å². The van der Waals surface area contributed by atoms with Crippen LogP contribution in [0.4, 0.5) is 10.1 Å². The van der Waals surface area contributed by atoms with Gasteiger partial charge < -0.3 is 10.1 Å². The number of halogens is 1. The molecule has 5 nitrogen and oxygen atoms in total. The number of anilines is 1. The van der Waals surface area contributed by atoms with Gasteiger partial charge in [-0.25, -0.2) is 9.18 Å². The molecule has 0 bridgehead atoms. The number of amides is 1. The van der Waals surface area contributed by atoms with Crippen LogP contribution >= 0.6 is 0 Å². The number of esters is 1. The lowest BCUT2D eigenvalue weighted by molar-refractivity contribution is -0.119. The first-order valence-electron chi connectivity index (χ1n) is 8.39. The van der Waals surface area contributed by atoms with Crippen molar-refractivity contribution in [3.63, 3.8) is 0 Å². The number of hydrogen-bond donors (Lipinski definition) is 1. The largest absolute Gasteiger partial charge is 0.452 e. The Hall–Kier alpha value is -3.98. The fourth-order valence-electron chi connectivity index (χ4n) is 2.68. The standard InChI is InChI=1S/C22H15FN2O3/c23-16-7-5-8-17(12-16)25-21(26)14-28-22(27)20-11-4-3-10-19(20)18-9-2-1-6-15(18)13-24/h1-12H,14H2,(H,25,26). The molecule has 1 N–H and O–H groups in total. The van der Waals surface area contributed by atoms with Gasteiger partial charge in [-0.3, -0.25) is 4.79 Å². The van der Waals surface area contributed by atoms with Gasteiger partial charge >= 0.3 is 5.97 Å². The van der Waals surface area contributed by atoms with E-state index in [1.807, 2.05) is 0 Å². The van der Waals surface area contributed by atoms with Gasteiger partial charge in [-0.05, 0) is 35.9 Å². The maximum absolute atomic E-state index is 13.2. The number of ether oxygens (including phenoxy) is 1. The fraction of sp³-hybridized carbons (Fsp3) is 0.0455. The van der Waals surface area contributed by atoms with E-state index in [9.17, 15) is 19.2 Å². The lowest BCUT2D eigenvalue weighted by Crippen LogP contribution is -2.21. The SMILES string of the molecule is N#Cc1ccccc1-c1ccccc1C(=O)OCC(=O)Nc1cccc(F)c1. The highest BCUT2D eigenvalue weighted by Crippen LogP contribution is 2.27. The van der Waals surface area contributed by atoms with E-state index >= 15 is 0 Å². The number of carbonyl (C=O) groups is 2. The first-order chi connectivity index (χ1) is 13.6. The van der Waals surface area contributed by atoms with E-state index in [-0.39, 0.29) is 11.3 Å². The number of nitrogens with one attached hydrogen (secondary N) is 1. The molecule has 0 radical (unpaired) electrons. The minimum atomic E-state index is -0.697. The Kier molecular flexibility index (Phi) is 5.78. The molecule has 3 aromatic rings. The first kappa shape index (κ1) is 18.8. The molecule has 0 heterocycles. The second-order valence-corrected chi connectivity index (χ2v) is 5.84. The van der Waals surface area contributed by atoms with Crippen molar-refractivity contribution in [2.24, 2.45) is 0 Å². The maximum Gasteiger partial charge on any atom is 0.339 e. The molecule has 6 heteroatoms. The Morgan fingerprint density at radius 2 is 1.68 bits per heavy atom. The van der Waals surface area contributed by atoms with E-state index in [0.29, 0.717) is 16.7 Å². The predicted molar refractivity (Wildman–Crippen MR) is 102 cm³/mol. The zero-order chi connectivity index (χ0) is 19.9. The number of nitrogens with zero attached hydrogens (tertiary/aromatic N) is 1. The molecule has 1 amide bonds. The number of nitriles is 1. The summed E-state index contributed by atoms with van der Waals surface area (Å²) in [5, 5.41) is 11.8. The molecule has 0 saturated carbocycles. The summed E-state index contributed by atoms with van der Waals surface area (Å²) in [6.45, 7) is -0.524. The van der Waals surface area contributed by atoms with Crippen LogP contribution in [-0.2, 0) is 9.53 Å². The van der Waals surface area contributed by atoms with Gasteiger partial charge in [0.05, 0.1) is 17.2 Å². The zero-order valence-electron chi connectivity index (χ0n) is 14.7. The van der Waals surface area contributed by atoms with Gasteiger partial charge in [0.15, 0.2) is 6.61 Å². The number of benzene rings is 3. The van der Waals surface area contributed by atoms with Crippen molar-refractivity contribution < 1.29 is 18.7 Å². The molecule has 0 aromatic heterocycles. The molecular formula is C22H15FN2O3. The molecule has 28 heavy (non-hydrogen) atoms. The van der Waals surface area contributed by atoms with Crippen molar-refractivity contribution in [3.05, 3.63) is 89.7 Å². The quantitative estimate of drug-likeness (QED) is 0.680. The van der Waals surface area contributed by atoms with E-state index in [0.717, 1.165) is 6.07 Å². The topological polar surface area (TPSA) is 79.2 Å². The highest BCUT2D eigenvalue weighted by atomic mass is 19.1. The van der Waals surface area contributed by atoms with Crippen molar-refractivity contribution in [1.29, 1.82) is 5.26 Å². The summed E-state index contributed by atoms with van der Waals surface area (Å²) in [5.74, 6) is -1.77. The molecule has 0 saturated heterocycles. The van der Waals surface area contributed by atoms with Crippen LogP contribution in [0.1, 0.15) is 15.9 Å². The second kappa shape index (κ2) is 8.60. The fourth-order valence-corrected chi connectivity index (χ4v) is 2.68. The first-order valence-corrected chi connectivity index (χ1v) is 8.39. The third-order valence-corrected chi connectivity index (χ3v) is 3.93. The van der Waals surface area contributed by atoms with Gasteiger partial charge in [-0.15, -0.1) is 0 Å². The summed E-state index contributed by atoms with van der Waals surface area (Å²) in [6, 6.07) is 21.1. The Balaban J connectivity index is 1.73. The average molecular weight is 374 g/mol. The van der Waals surface area contributed by atoms with Gasteiger partial charge in [0, 0.05) is 11.3 Å². The monoisotopic (exact) mass is 374 g/mol. The molecule has 138 valence electrons. The van der Waals surface area contributed by atoms with Gasteiger partial charge in [0.2, 0.25) is 0 Å². The summed E-state index contributed by atoms with van der Waals surface area (Å²) < 4.78 is 18.3. The third-order valence-electron chi connectivity index (χ3n) is 3.93. The summed E-state index contributed by atoms with van der Waals surface area (Å²) in [5.41, 5.74) is 2.07. The molecule has 0 aliphatic carbocycles. The minimum Gasteiger partial charge on any atom is -0.452 e. The van der Waals surface area contributed by atoms with E-state index in [1.54, 1.807) is 48.5 Å². The van der Waals surface area contributed by atoms with Crippen molar-refractivity contribution in [2.75, 3.05) is 11.9 Å². The van der Waals surface area contributed by atoms with Gasteiger partial charge in [-0.1, -0.05) is 42.5 Å². The highest BCUT2D eigenvalue weighted by Gasteiger charge is 2.17. The molecule has 0 atom stereocenters. The highest BCUT2D eigenvalue weighted by molar-refractivity contribution is 6.00. The van der Waals surface area contributed by atoms with Gasteiger partial charge in [-0.2, -0.15) is 5.26 Å². The summed E-state index contributed by atoms with van der Waals surface area (Å²) in [6.07, 6.45) is 0. The summed E-state index contributed by atoms with van der Waals surface area (Å²) in [4.78, 5) is 24.5. The van der Waals surface area contributed by atoms with E-state index in [4.69, 9.17) is 4.74 Å². The van der Waals surface area contributed by atoms with Crippen LogP contribution < -0.4 is 5.32 Å². The molecule has 0 aliphatic heterocycles. The third kappa shape index (κ3) is 4.40. The second-order valence-electron chi connectivity index (χ2n) is 5.84. The predicted octanol–water partition coefficient (Wildman–Crippen LogP) is 4.16. The Morgan fingerprint density at radius 3 is 2.43 bits per heavy atom. The molecule has 3 aromatic carbocycles. The van der Waals surface area contributed by atoms with Crippen LogP contribution in [0.25, 0.3) is 11.1 Å². The van der Waals surface area contributed by atoms with Gasteiger partial charge in [0.1, 0.15) is 5.82 Å². The van der Waals surface area contributed by atoms with Crippen molar-refractivity contribution >= 4 is 17.6 Å². The van der Waals surface area contributed by atoms with Crippen LogP contribution in [-0.4, -0.2) is 18.5 Å². The average Bonchev–Trinajstić information content (AvgIpc) is 2.72. The van der Waals surface area contributed by atoms with Gasteiger partial charge in [0.25, 0.3) is 5.91 Å². The zero-order valence-corrected chi connectivity index (χ0v) is 14.7. The van der Waals surface area contributed by atoms with Crippen molar-refractivity contribution in [3.8, 4) is 17.2 Å². The number of hydrogen-bond acceptors (Lipinski definition) is 4.